The largest absolute Gasteiger partial charge is 0.467 e. The van der Waals surface area contributed by atoms with E-state index in [2.05, 4.69) is 4.74 Å². The smallest absolute Gasteiger partial charge is 0.342 e. The first-order valence-electron chi connectivity index (χ1n) is 7.99. The van der Waals surface area contributed by atoms with Gasteiger partial charge in [-0.25, -0.2) is 4.79 Å². The van der Waals surface area contributed by atoms with Crippen LogP contribution in [0.15, 0.2) is 60.2 Å². The number of rotatable bonds is 3. The first-order chi connectivity index (χ1) is 11.9. The quantitative estimate of drug-likeness (QED) is 0.742. The summed E-state index contributed by atoms with van der Waals surface area (Å²) in [5.74, 6) is -0.866. The van der Waals surface area contributed by atoms with Gasteiger partial charge in [0, 0.05) is 6.42 Å². The molecule has 3 atom stereocenters. The van der Waals surface area contributed by atoms with Crippen molar-refractivity contribution in [3.05, 3.63) is 65.8 Å². The summed E-state index contributed by atoms with van der Waals surface area (Å²) in [6.07, 6.45) is 1.84. The van der Waals surface area contributed by atoms with Gasteiger partial charge in [-0.05, 0) is 34.1 Å². The molecule has 25 heavy (non-hydrogen) atoms. The molecule has 1 aliphatic rings. The van der Waals surface area contributed by atoms with Crippen LogP contribution in [0.3, 0.4) is 0 Å². The third kappa shape index (κ3) is 3.49. The molecule has 0 saturated heterocycles. The highest BCUT2D eigenvalue weighted by Gasteiger charge is 2.43. The summed E-state index contributed by atoms with van der Waals surface area (Å²) in [7, 11) is 1.16. The highest BCUT2D eigenvalue weighted by Crippen LogP contribution is 2.30. The Balaban J connectivity index is 1.92. The lowest BCUT2D eigenvalue weighted by molar-refractivity contribution is -0.162. The van der Waals surface area contributed by atoms with Crippen LogP contribution >= 0.6 is 0 Å². The van der Waals surface area contributed by atoms with Crippen molar-refractivity contribution in [2.75, 3.05) is 7.11 Å². The van der Waals surface area contributed by atoms with E-state index in [1.54, 1.807) is 12.2 Å². The van der Waals surface area contributed by atoms with Gasteiger partial charge in [0.05, 0.1) is 13.2 Å². The van der Waals surface area contributed by atoms with Gasteiger partial charge in [0.25, 0.3) is 0 Å². The highest BCUT2D eigenvalue weighted by atomic mass is 16.5. The van der Waals surface area contributed by atoms with Gasteiger partial charge >= 0.3 is 5.97 Å². The van der Waals surface area contributed by atoms with Gasteiger partial charge in [0.1, 0.15) is 6.10 Å². The molecule has 0 aromatic heterocycles. The number of hydrogen-bond donors (Lipinski definition) is 3. The van der Waals surface area contributed by atoms with Gasteiger partial charge in [0.2, 0.25) is 0 Å². The maximum Gasteiger partial charge on any atom is 0.342 e. The molecule has 0 saturated carbocycles. The Morgan fingerprint density at radius 2 is 1.88 bits per heavy atom. The number of ether oxygens (including phenoxy) is 1. The molecule has 0 fully saturated rings. The zero-order chi connectivity index (χ0) is 18.0. The monoisotopic (exact) mass is 340 g/mol. The Morgan fingerprint density at radius 3 is 2.60 bits per heavy atom. The van der Waals surface area contributed by atoms with E-state index in [-0.39, 0.29) is 12.0 Å². The molecular formula is C20H20O5. The fraction of sp³-hybridized carbons (Fsp3) is 0.250. The van der Waals surface area contributed by atoms with Gasteiger partial charge < -0.3 is 20.1 Å². The molecule has 130 valence electrons. The first kappa shape index (κ1) is 17.4. The second kappa shape index (κ2) is 6.80. The fourth-order valence-corrected chi connectivity index (χ4v) is 3.04. The number of esters is 1. The minimum atomic E-state index is -1.95. The lowest BCUT2D eigenvalue weighted by atomic mass is 9.82. The second-order valence-electron chi connectivity index (χ2n) is 6.22. The van der Waals surface area contributed by atoms with Gasteiger partial charge in [0.15, 0.2) is 5.60 Å². The molecule has 3 N–H and O–H groups in total. The molecule has 2 aromatic carbocycles. The summed E-state index contributed by atoms with van der Waals surface area (Å²) in [6.45, 7) is 0. The van der Waals surface area contributed by atoms with Crippen molar-refractivity contribution in [2.45, 2.75) is 24.2 Å². The van der Waals surface area contributed by atoms with E-state index < -0.39 is 23.8 Å². The summed E-state index contributed by atoms with van der Waals surface area (Å²) >= 11 is 0. The Bertz CT molecular complexity index is 854. The van der Waals surface area contributed by atoms with Gasteiger partial charge in [-0.3, -0.25) is 0 Å². The van der Waals surface area contributed by atoms with Crippen molar-refractivity contribution in [3.63, 3.8) is 0 Å². The van der Waals surface area contributed by atoms with Crippen molar-refractivity contribution in [2.24, 2.45) is 0 Å². The molecule has 3 unspecified atom stereocenters. The summed E-state index contributed by atoms with van der Waals surface area (Å²) in [5, 5.41) is 32.7. The molecule has 3 rings (SSSR count). The molecule has 0 spiro atoms. The van der Waals surface area contributed by atoms with E-state index >= 15 is 0 Å². The van der Waals surface area contributed by atoms with Crippen LogP contribution in [0.25, 0.3) is 16.8 Å². The van der Waals surface area contributed by atoms with Crippen molar-refractivity contribution < 1.29 is 24.9 Å². The van der Waals surface area contributed by atoms with Crippen molar-refractivity contribution in [1.82, 2.24) is 0 Å². The zero-order valence-electron chi connectivity index (χ0n) is 13.8. The van der Waals surface area contributed by atoms with Gasteiger partial charge in [-0.2, -0.15) is 0 Å². The Hall–Kier alpha value is -2.47. The van der Waals surface area contributed by atoms with E-state index in [0.717, 1.165) is 23.4 Å². The number of aliphatic hydroxyl groups excluding tert-OH is 2. The summed E-state index contributed by atoms with van der Waals surface area (Å²) in [6, 6.07) is 13.8. The second-order valence-corrected chi connectivity index (χ2v) is 6.22. The number of methoxy groups -OCH3 is 1. The Kier molecular flexibility index (Phi) is 4.72. The summed E-state index contributed by atoms with van der Waals surface area (Å²) in [5.41, 5.74) is -0.788. The SMILES string of the molecule is COC(=O)C1(O)C=C(C=Cc2ccc3ccccc3c2)C(O)C(O)C1. The number of fused-ring (bicyclic) bond motifs is 1. The minimum Gasteiger partial charge on any atom is -0.467 e. The van der Waals surface area contributed by atoms with Crippen LogP contribution in [0.4, 0.5) is 0 Å². The molecule has 1 aliphatic carbocycles. The molecule has 0 heterocycles. The standard InChI is InChI=1S/C20H20O5/c1-25-19(23)20(24)11-16(18(22)17(21)12-20)9-7-13-6-8-14-4-2-3-5-15(14)10-13/h2-11,17-18,21-22,24H,12H2,1H3. The summed E-state index contributed by atoms with van der Waals surface area (Å²) < 4.78 is 4.59. The van der Waals surface area contributed by atoms with Gasteiger partial charge in [-0.1, -0.05) is 48.6 Å². The van der Waals surface area contributed by atoms with Crippen LogP contribution in [-0.2, 0) is 9.53 Å². The number of aliphatic hydroxyl groups is 3. The van der Waals surface area contributed by atoms with Crippen LogP contribution in [0.5, 0.6) is 0 Å². The fourth-order valence-electron chi connectivity index (χ4n) is 3.04. The van der Waals surface area contributed by atoms with E-state index in [1.165, 1.54) is 6.08 Å². The third-order valence-corrected chi connectivity index (χ3v) is 4.41. The third-order valence-electron chi connectivity index (χ3n) is 4.41. The predicted molar refractivity (Wildman–Crippen MR) is 94.7 cm³/mol. The average molecular weight is 340 g/mol. The van der Waals surface area contributed by atoms with Crippen molar-refractivity contribution in [1.29, 1.82) is 0 Å². The van der Waals surface area contributed by atoms with E-state index in [9.17, 15) is 20.1 Å². The number of carbonyl (C=O) groups excluding carboxylic acids is 1. The van der Waals surface area contributed by atoms with Crippen LogP contribution in [0.2, 0.25) is 0 Å². The van der Waals surface area contributed by atoms with Gasteiger partial charge in [-0.15, -0.1) is 0 Å². The molecule has 0 bridgehead atoms. The maximum absolute atomic E-state index is 11.8. The van der Waals surface area contributed by atoms with E-state index in [4.69, 9.17) is 0 Å². The zero-order valence-corrected chi connectivity index (χ0v) is 13.8. The Morgan fingerprint density at radius 1 is 1.16 bits per heavy atom. The lowest BCUT2D eigenvalue weighted by Gasteiger charge is -2.33. The minimum absolute atomic E-state index is 0.264. The van der Waals surface area contributed by atoms with Crippen LogP contribution in [0, 0.1) is 0 Å². The molecule has 0 radical (unpaired) electrons. The molecule has 0 aliphatic heterocycles. The molecule has 5 nitrogen and oxygen atoms in total. The highest BCUT2D eigenvalue weighted by molar-refractivity contribution is 5.85. The lowest BCUT2D eigenvalue weighted by Crippen LogP contribution is -2.48. The predicted octanol–water partition coefficient (Wildman–Crippen LogP) is 1.81. The molecule has 5 heteroatoms. The molecule has 0 amide bonds. The van der Waals surface area contributed by atoms with Crippen LogP contribution in [-0.4, -0.2) is 46.2 Å². The van der Waals surface area contributed by atoms with Crippen molar-refractivity contribution in [3.8, 4) is 0 Å². The maximum atomic E-state index is 11.8. The van der Waals surface area contributed by atoms with Crippen LogP contribution < -0.4 is 0 Å². The van der Waals surface area contributed by atoms with E-state index in [0.29, 0.717) is 0 Å². The number of hydrogen-bond acceptors (Lipinski definition) is 5. The average Bonchev–Trinajstić information content (AvgIpc) is 2.62. The molecular weight excluding hydrogens is 320 g/mol. The van der Waals surface area contributed by atoms with Crippen molar-refractivity contribution >= 4 is 22.8 Å². The van der Waals surface area contributed by atoms with E-state index in [1.807, 2.05) is 42.5 Å². The normalized spacial score (nSPS) is 26.6. The topological polar surface area (TPSA) is 87.0 Å². The molecule has 2 aromatic rings. The number of carbonyl (C=O) groups is 1. The Labute approximate surface area is 145 Å². The number of benzene rings is 2. The first-order valence-corrected chi connectivity index (χ1v) is 7.99. The summed E-state index contributed by atoms with van der Waals surface area (Å²) in [4.78, 5) is 11.8. The van der Waals surface area contributed by atoms with Crippen LogP contribution in [0.1, 0.15) is 12.0 Å².